The molecular weight excluding hydrogens is 424 g/mol. The molecule has 0 aliphatic heterocycles. The Balaban J connectivity index is 1.73. The van der Waals surface area contributed by atoms with Gasteiger partial charge in [-0.3, -0.25) is 9.59 Å². The highest BCUT2D eigenvalue weighted by molar-refractivity contribution is 7.93. The van der Waals surface area contributed by atoms with E-state index in [9.17, 15) is 18.0 Å². The monoisotopic (exact) mass is 448 g/mol. The molecule has 0 spiro atoms. The van der Waals surface area contributed by atoms with Crippen LogP contribution in [0.25, 0.3) is 0 Å². The molecule has 0 heterocycles. The van der Waals surface area contributed by atoms with Crippen LogP contribution in [0.15, 0.2) is 59.5 Å². The molecule has 1 aliphatic rings. The van der Waals surface area contributed by atoms with Gasteiger partial charge in [-0.1, -0.05) is 54.8 Å². The van der Waals surface area contributed by atoms with E-state index >= 15 is 0 Å². The van der Waals surface area contributed by atoms with Crippen LogP contribution in [-0.4, -0.2) is 31.0 Å². The van der Waals surface area contributed by atoms with Crippen molar-refractivity contribution in [1.29, 1.82) is 0 Å². The molecule has 1 saturated carbocycles. The van der Waals surface area contributed by atoms with Gasteiger partial charge in [0.1, 0.15) is 6.04 Å². The first-order chi connectivity index (χ1) is 14.3. The zero-order valence-electron chi connectivity index (χ0n) is 16.7. The van der Waals surface area contributed by atoms with E-state index in [2.05, 4.69) is 10.6 Å². The third-order valence-corrected chi connectivity index (χ3v) is 8.28. The average Bonchev–Trinajstić information content (AvgIpc) is 3.25. The molecule has 30 heavy (non-hydrogen) atoms. The Bertz CT molecular complexity index is 1000. The fourth-order valence-corrected chi connectivity index (χ4v) is 5.94. The summed E-state index contributed by atoms with van der Waals surface area (Å²) in [6.45, 7) is 1.88. The first-order valence-electron chi connectivity index (χ1n) is 9.89. The van der Waals surface area contributed by atoms with Gasteiger partial charge in [-0.2, -0.15) is 0 Å². The Morgan fingerprint density at radius 3 is 2.23 bits per heavy atom. The van der Waals surface area contributed by atoms with Crippen molar-refractivity contribution < 1.29 is 18.0 Å². The molecule has 2 N–H and O–H groups in total. The van der Waals surface area contributed by atoms with Crippen molar-refractivity contribution >= 4 is 33.3 Å². The third kappa shape index (κ3) is 4.52. The van der Waals surface area contributed by atoms with Crippen molar-refractivity contribution in [2.45, 2.75) is 54.8 Å². The van der Waals surface area contributed by atoms with Gasteiger partial charge in [0.15, 0.2) is 14.6 Å². The normalized spacial score (nSPS) is 16.6. The summed E-state index contributed by atoms with van der Waals surface area (Å²) in [5.74, 6) is -0.999. The molecule has 2 aromatic rings. The minimum Gasteiger partial charge on any atom is -0.350 e. The van der Waals surface area contributed by atoms with Gasteiger partial charge in [0.05, 0.1) is 4.90 Å². The Morgan fingerprint density at radius 1 is 1.03 bits per heavy atom. The summed E-state index contributed by atoms with van der Waals surface area (Å²) < 4.78 is 25.2. The Labute approximate surface area is 181 Å². The van der Waals surface area contributed by atoms with Crippen molar-refractivity contribution in [3.8, 4) is 0 Å². The second-order valence-corrected chi connectivity index (χ2v) is 10.3. The van der Waals surface area contributed by atoms with Gasteiger partial charge >= 0.3 is 0 Å². The topological polar surface area (TPSA) is 92.3 Å². The quantitative estimate of drug-likeness (QED) is 0.680. The van der Waals surface area contributed by atoms with Crippen LogP contribution in [0.2, 0.25) is 5.02 Å². The average molecular weight is 449 g/mol. The number of amides is 2. The van der Waals surface area contributed by atoms with Crippen LogP contribution >= 0.6 is 11.6 Å². The van der Waals surface area contributed by atoms with Crippen LogP contribution in [0.4, 0.5) is 0 Å². The molecule has 8 heteroatoms. The summed E-state index contributed by atoms with van der Waals surface area (Å²) in [5.41, 5.74) is 0.932. The zero-order valence-corrected chi connectivity index (χ0v) is 18.3. The Hall–Kier alpha value is -2.38. The van der Waals surface area contributed by atoms with Gasteiger partial charge in [-0.05, 0) is 49.6 Å². The predicted molar refractivity (Wildman–Crippen MR) is 116 cm³/mol. The molecule has 0 radical (unpaired) electrons. The standard InChI is InChI=1S/C22H25ClN2O4S/c1-16(20(26)24-15-17-7-3-2-4-8-17)25-21(27)22(13-5-6-14-22)30(28,29)19-11-9-18(23)10-12-19/h2-4,7-12,16H,5-6,13-15H2,1H3,(H,24,26)(H,25,27). The molecule has 2 amide bonds. The SMILES string of the molecule is CC(NC(=O)C1(S(=O)(=O)c2ccc(Cl)cc2)CCCC1)C(=O)NCc1ccccc1. The van der Waals surface area contributed by atoms with E-state index in [4.69, 9.17) is 11.6 Å². The van der Waals surface area contributed by atoms with Crippen LogP contribution in [0, 0.1) is 0 Å². The van der Waals surface area contributed by atoms with E-state index in [1.165, 1.54) is 24.3 Å². The van der Waals surface area contributed by atoms with Crippen molar-refractivity contribution in [2.24, 2.45) is 0 Å². The molecule has 1 fully saturated rings. The fraction of sp³-hybridized carbons (Fsp3) is 0.364. The first kappa shape index (κ1) is 22.3. The van der Waals surface area contributed by atoms with Crippen molar-refractivity contribution in [3.63, 3.8) is 0 Å². The van der Waals surface area contributed by atoms with Crippen LogP contribution < -0.4 is 10.6 Å². The number of nitrogens with one attached hydrogen (secondary N) is 2. The lowest BCUT2D eigenvalue weighted by Crippen LogP contribution is -2.55. The molecule has 0 bridgehead atoms. The second-order valence-electron chi connectivity index (χ2n) is 7.56. The van der Waals surface area contributed by atoms with Crippen molar-refractivity contribution in [1.82, 2.24) is 10.6 Å². The molecule has 1 aliphatic carbocycles. The zero-order chi connectivity index (χ0) is 21.8. The highest BCUT2D eigenvalue weighted by atomic mass is 35.5. The van der Waals surface area contributed by atoms with E-state index in [0.717, 1.165) is 5.56 Å². The van der Waals surface area contributed by atoms with Crippen LogP contribution in [0.3, 0.4) is 0 Å². The highest BCUT2D eigenvalue weighted by Crippen LogP contribution is 2.41. The molecule has 1 atom stereocenters. The maximum atomic E-state index is 13.4. The van der Waals surface area contributed by atoms with Crippen LogP contribution in [0.1, 0.15) is 38.2 Å². The number of carbonyl (C=O) groups is 2. The lowest BCUT2D eigenvalue weighted by molar-refractivity contribution is -0.130. The number of carbonyl (C=O) groups excluding carboxylic acids is 2. The van der Waals surface area contributed by atoms with Gasteiger partial charge < -0.3 is 10.6 Å². The van der Waals surface area contributed by atoms with E-state index in [0.29, 0.717) is 24.4 Å². The summed E-state index contributed by atoms with van der Waals surface area (Å²) in [5, 5.41) is 5.81. The maximum absolute atomic E-state index is 13.4. The molecule has 0 aromatic heterocycles. The number of hydrogen-bond acceptors (Lipinski definition) is 4. The summed E-state index contributed by atoms with van der Waals surface area (Å²) in [7, 11) is -3.95. The summed E-state index contributed by atoms with van der Waals surface area (Å²) in [6, 6.07) is 14.4. The fourth-order valence-electron chi connectivity index (χ4n) is 3.74. The van der Waals surface area contributed by atoms with Crippen molar-refractivity contribution in [3.05, 3.63) is 65.2 Å². The summed E-state index contributed by atoms with van der Waals surface area (Å²) in [4.78, 5) is 25.6. The van der Waals surface area contributed by atoms with E-state index in [1.807, 2.05) is 30.3 Å². The second kappa shape index (κ2) is 9.18. The lowest BCUT2D eigenvalue weighted by atomic mass is 10.1. The molecule has 3 rings (SSSR count). The first-order valence-corrected chi connectivity index (χ1v) is 11.8. The largest absolute Gasteiger partial charge is 0.350 e. The number of hydrogen-bond donors (Lipinski definition) is 2. The molecule has 160 valence electrons. The molecule has 1 unspecified atom stereocenters. The predicted octanol–water partition coefficient (Wildman–Crippen LogP) is 3.25. The van der Waals surface area contributed by atoms with Gasteiger partial charge in [-0.15, -0.1) is 0 Å². The summed E-state index contributed by atoms with van der Waals surface area (Å²) in [6.07, 6.45) is 1.72. The van der Waals surface area contributed by atoms with E-state index in [1.54, 1.807) is 6.92 Å². The highest BCUT2D eigenvalue weighted by Gasteiger charge is 2.53. The van der Waals surface area contributed by atoms with E-state index in [-0.39, 0.29) is 23.6 Å². The molecule has 0 saturated heterocycles. The van der Waals surface area contributed by atoms with Crippen molar-refractivity contribution in [2.75, 3.05) is 0 Å². The molecule has 6 nitrogen and oxygen atoms in total. The number of halogens is 1. The molecular formula is C22H25ClN2O4S. The number of rotatable bonds is 7. The maximum Gasteiger partial charge on any atom is 0.242 e. The number of benzene rings is 2. The minimum atomic E-state index is -3.95. The van der Waals surface area contributed by atoms with Crippen LogP contribution in [-0.2, 0) is 26.0 Å². The summed E-state index contributed by atoms with van der Waals surface area (Å²) >= 11 is 5.88. The smallest absolute Gasteiger partial charge is 0.242 e. The van der Waals surface area contributed by atoms with Gasteiger partial charge in [0.25, 0.3) is 0 Å². The minimum absolute atomic E-state index is 0.0603. The van der Waals surface area contributed by atoms with E-state index < -0.39 is 26.5 Å². The Kier molecular flexibility index (Phi) is 6.83. The third-order valence-electron chi connectivity index (χ3n) is 5.51. The van der Waals surface area contributed by atoms with Gasteiger partial charge in [-0.25, -0.2) is 8.42 Å². The van der Waals surface area contributed by atoms with Gasteiger partial charge in [0.2, 0.25) is 11.8 Å². The Morgan fingerprint density at radius 2 is 1.63 bits per heavy atom. The molecule has 2 aromatic carbocycles. The van der Waals surface area contributed by atoms with Crippen LogP contribution in [0.5, 0.6) is 0 Å². The van der Waals surface area contributed by atoms with Gasteiger partial charge in [0, 0.05) is 11.6 Å². The lowest BCUT2D eigenvalue weighted by Gasteiger charge is -2.29. The number of sulfone groups is 1.